The Hall–Kier alpha value is -0.810. The maximum atomic E-state index is 5.89. The molecule has 0 aromatic rings. The van der Waals surface area contributed by atoms with E-state index in [1.165, 1.54) is 25.9 Å². The number of nitrogens with one attached hydrogen (secondary N) is 1. The summed E-state index contributed by atoms with van der Waals surface area (Å²) >= 11 is 0. The summed E-state index contributed by atoms with van der Waals surface area (Å²) in [7, 11) is 0. The van der Waals surface area contributed by atoms with E-state index in [4.69, 9.17) is 10.5 Å². The van der Waals surface area contributed by atoms with Crippen LogP contribution in [0.4, 0.5) is 0 Å². The highest BCUT2D eigenvalue weighted by Crippen LogP contribution is 2.27. The van der Waals surface area contributed by atoms with Crippen molar-refractivity contribution in [3.8, 4) is 0 Å². The van der Waals surface area contributed by atoms with Gasteiger partial charge in [-0.1, -0.05) is 13.8 Å². The van der Waals surface area contributed by atoms with Crippen LogP contribution in [0, 0.1) is 5.41 Å². The summed E-state index contributed by atoms with van der Waals surface area (Å²) in [5.74, 6) is 0.553. The topological polar surface area (TPSA) is 62.9 Å². The molecule has 0 aliphatic carbocycles. The van der Waals surface area contributed by atoms with Crippen molar-refractivity contribution >= 4 is 5.96 Å². The Labute approximate surface area is 122 Å². The summed E-state index contributed by atoms with van der Waals surface area (Å²) in [6.07, 6.45) is 5.17. The third-order valence-corrected chi connectivity index (χ3v) is 4.20. The van der Waals surface area contributed by atoms with E-state index in [2.05, 4.69) is 29.1 Å². The minimum absolute atomic E-state index is 0.276. The van der Waals surface area contributed by atoms with Gasteiger partial charge in [0.05, 0.1) is 12.6 Å². The van der Waals surface area contributed by atoms with E-state index in [-0.39, 0.29) is 6.10 Å². The lowest BCUT2D eigenvalue weighted by Crippen LogP contribution is -2.44. The fourth-order valence-electron chi connectivity index (χ4n) is 3.12. The van der Waals surface area contributed by atoms with Gasteiger partial charge in [-0.05, 0) is 37.6 Å². The van der Waals surface area contributed by atoms with Crippen LogP contribution in [0.5, 0.6) is 0 Å². The van der Waals surface area contributed by atoms with E-state index in [9.17, 15) is 0 Å². The Kier molecular flexibility index (Phi) is 5.66. The number of likely N-dealkylation sites (tertiary alicyclic amines) is 1. The second-order valence-electron chi connectivity index (χ2n) is 6.83. The van der Waals surface area contributed by atoms with Crippen LogP contribution in [0.1, 0.15) is 39.5 Å². The predicted molar refractivity (Wildman–Crippen MR) is 82.9 cm³/mol. The van der Waals surface area contributed by atoms with Gasteiger partial charge < -0.3 is 20.7 Å². The fraction of sp³-hybridized carbons (Fsp3) is 0.933. The number of ether oxygens (including phenoxy) is 1. The molecule has 2 aliphatic rings. The molecule has 0 aromatic carbocycles. The van der Waals surface area contributed by atoms with E-state index in [0.717, 1.165) is 32.5 Å². The summed E-state index contributed by atoms with van der Waals surface area (Å²) in [6, 6.07) is 0. The predicted octanol–water partition coefficient (Wildman–Crippen LogP) is 1.19. The van der Waals surface area contributed by atoms with Gasteiger partial charge in [0.2, 0.25) is 0 Å². The van der Waals surface area contributed by atoms with Crippen molar-refractivity contribution in [1.82, 2.24) is 10.2 Å². The number of guanidine groups is 1. The zero-order valence-electron chi connectivity index (χ0n) is 13.0. The van der Waals surface area contributed by atoms with E-state index >= 15 is 0 Å². The van der Waals surface area contributed by atoms with Crippen LogP contribution in [-0.4, -0.2) is 56.3 Å². The van der Waals surface area contributed by atoms with Crippen LogP contribution in [-0.2, 0) is 4.74 Å². The molecular formula is C15H30N4O. The number of nitrogens with two attached hydrogens (primary N) is 1. The molecule has 3 N–H and O–H groups in total. The quantitative estimate of drug-likeness (QED) is 0.587. The first-order chi connectivity index (χ1) is 9.55. The Balaban J connectivity index is 1.60. The molecule has 0 saturated carbocycles. The van der Waals surface area contributed by atoms with E-state index in [1.807, 2.05) is 0 Å². The molecule has 2 fully saturated rings. The van der Waals surface area contributed by atoms with Crippen LogP contribution in [0.2, 0.25) is 0 Å². The van der Waals surface area contributed by atoms with Gasteiger partial charge in [0.25, 0.3) is 0 Å². The van der Waals surface area contributed by atoms with Crippen molar-refractivity contribution in [1.29, 1.82) is 0 Å². The molecule has 0 aromatic heterocycles. The van der Waals surface area contributed by atoms with Crippen molar-refractivity contribution in [2.75, 3.05) is 39.3 Å². The van der Waals surface area contributed by atoms with Gasteiger partial charge in [0.1, 0.15) is 0 Å². The monoisotopic (exact) mass is 282 g/mol. The molecule has 5 nitrogen and oxygen atoms in total. The van der Waals surface area contributed by atoms with Gasteiger partial charge in [-0.15, -0.1) is 0 Å². The van der Waals surface area contributed by atoms with Gasteiger partial charge in [-0.2, -0.15) is 0 Å². The lowest BCUT2D eigenvalue weighted by molar-refractivity contribution is 0.117. The lowest BCUT2D eigenvalue weighted by atomic mass is 9.84. The maximum Gasteiger partial charge on any atom is 0.188 e. The second-order valence-corrected chi connectivity index (χ2v) is 6.83. The highest BCUT2D eigenvalue weighted by Gasteiger charge is 2.25. The molecule has 116 valence electrons. The average molecular weight is 282 g/mol. The van der Waals surface area contributed by atoms with Crippen LogP contribution in [0.3, 0.4) is 0 Å². The number of nitrogens with zero attached hydrogens (tertiary/aromatic N) is 2. The normalized spacial score (nSPS) is 27.7. The van der Waals surface area contributed by atoms with Crippen LogP contribution >= 0.6 is 0 Å². The van der Waals surface area contributed by atoms with Gasteiger partial charge >= 0.3 is 0 Å². The Morgan fingerprint density at radius 3 is 3.00 bits per heavy atom. The molecule has 2 saturated heterocycles. The third-order valence-electron chi connectivity index (χ3n) is 4.20. The number of piperidine rings is 1. The van der Waals surface area contributed by atoms with E-state index in [1.54, 1.807) is 0 Å². The molecule has 20 heavy (non-hydrogen) atoms. The first-order valence-electron chi connectivity index (χ1n) is 7.93. The van der Waals surface area contributed by atoms with Crippen LogP contribution in [0.15, 0.2) is 4.99 Å². The standard InChI is InChI=1S/C15H30N4O/c1-15(2)6-4-8-19(12-15)9-7-17-14(16)18-11-13-5-3-10-20-13/h13H,3-12H2,1-2H3,(H3,16,17,18). The van der Waals surface area contributed by atoms with Crippen molar-refractivity contribution in [2.45, 2.75) is 45.6 Å². The van der Waals surface area contributed by atoms with Crippen LogP contribution in [0.25, 0.3) is 0 Å². The van der Waals surface area contributed by atoms with Crippen LogP contribution < -0.4 is 11.1 Å². The molecule has 0 bridgehead atoms. The molecule has 0 radical (unpaired) electrons. The number of hydrogen-bond donors (Lipinski definition) is 2. The van der Waals surface area contributed by atoms with Gasteiger partial charge in [-0.3, -0.25) is 4.99 Å². The third kappa shape index (κ3) is 5.29. The minimum Gasteiger partial charge on any atom is -0.376 e. The molecular weight excluding hydrogens is 252 g/mol. The summed E-state index contributed by atoms with van der Waals surface area (Å²) in [5.41, 5.74) is 6.34. The molecule has 5 heteroatoms. The van der Waals surface area contributed by atoms with Gasteiger partial charge in [-0.25, -0.2) is 0 Å². The zero-order valence-corrected chi connectivity index (χ0v) is 13.0. The molecule has 2 heterocycles. The molecule has 0 amide bonds. The minimum atomic E-state index is 0.276. The summed E-state index contributed by atoms with van der Waals surface area (Å²) < 4.78 is 5.53. The zero-order chi connectivity index (χ0) is 14.4. The molecule has 2 aliphatic heterocycles. The molecule has 0 spiro atoms. The second kappa shape index (κ2) is 7.27. The Bertz CT molecular complexity index is 324. The van der Waals surface area contributed by atoms with Gasteiger partial charge in [0, 0.05) is 26.2 Å². The van der Waals surface area contributed by atoms with Crippen molar-refractivity contribution in [2.24, 2.45) is 16.1 Å². The maximum absolute atomic E-state index is 5.89. The first-order valence-corrected chi connectivity index (χ1v) is 7.93. The van der Waals surface area contributed by atoms with Crippen molar-refractivity contribution in [3.63, 3.8) is 0 Å². The van der Waals surface area contributed by atoms with E-state index < -0.39 is 0 Å². The fourth-order valence-corrected chi connectivity index (χ4v) is 3.12. The molecule has 2 rings (SSSR count). The SMILES string of the molecule is CC1(C)CCCN(CCNC(N)=NCC2CCCO2)C1. The average Bonchev–Trinajstić information content (AvgIpc) is 2.88. The number of hydrogen-bond acceptors (Lipinski definition) is 3. The summed E-state index contributed by atoms with van der Waals surface area (Å²) in [6.45, 7) is 10.6. The summed E-state index contributed by atoms with van der Waals surface area (Å²) in [4.78, 5) is 6.87. The highest BCUT2D eigenvalue weighted by atomic mass is 16.5. The molecule has 1 unspecified atom stereocenters. The van der Waals surface area contributed by atoms with E-state index in [0.29, 0.717) is 17.9 Å². The highest BCUT2D eigenvalue weighted by molar-refractivity contribution is 5.77. The summed E-state index contributed by atoms with van der Waals surface area (Å²) in [5, 5.41) is 3.21. The first kappa shape index (κ1) is 15.6. The number of aliphatic imine (C=N–C) groups is 1. The largest absolute Gasteiger partial charge is 0.376 e. The van der Waals surface area contributed by atoms with Crippen molar-refractivity contribution < 1.29 is 4.74 Å². The number of rotatable bonds is 5. The van der Waals surface area contributed by atoms with Gasteiger partial charge in [0.15, 0.2) is 5.96 Å². The Morgan fingerprint density at radius 2 is 2.30 bits per heavy atom. The van der Waals surface area contributed by atoms with Crippen molar-refractivity contribution in [3.05, 3.63) is 0 Å². The molecule has 1 atom stereocenters. The Morgan fingerprint density at radius 1 is 1.45 bits per heavy atom. The smallest absolute Gasteiger partial charge is 0.188 e. The lowest BCUT2D eigenvalue weighted by Gasteiger charge is -2.38.